The highest BCUT2D eigenvalue weighted by Crippen LogP contribution is 2.17. The maximum atomic E-state index is 12.6. The molecule has 1 aromatic carbocycles. The Balaban J connectivity index is 2.06. The van der Waals surface area contributed by atoms with Gasteiger partial charge in [0.15, 0.2) is 5.76 Å². The van der Waals surface area contributed by atoms with Crippen molar-refractivity contribution in [1.29, 1.82) is 0 Å². The van der Waals surface area contributed by atoms with Crippen LogP contribution in [0.1, 0.15) is 48.5 Å². The van der Waals surface area contributed by atoms with Crippen LogP contribution in [-0.4, -0.2) is 17.9 Å². The third kappa shape index (κ3) is 4.25. The predicted molar refractivity (Wildman–Crippen MR) is 92.5 cm³/mol. The molecule has 0 saturated heterocycles. The minimum atomic E-state index is -0.630. The van der Waals surface area contributed by atoms with Crippen molar-refractivity contribution >= 4 is 11.8 Å². The van der Waals surface area contributed by atoms with E-state index >= 15 is 0 Å². The van der Waals surface area contributed by atoms with Crippen molar-refractivity contribution in [2.24, 2.45) is 5.92 Å². The number of hydrogen-bond donors (Lipinski definition) is 2. The largest absolute Gasteiger partial charge is 0.459 e. The summed E-state index contributed by atoms with van der Waals surface area (Å²) in [7, 11) is 0. The molecule has 0 aliphatic carbocycles. The number of aryl methyl sites for hydroxylation is 1. The first-order valence-corrected chi connectivity index (χ1v) is 8.10. The Hall–Kier alpha value is -2.56. The molecule has 1 aromatic heterocycles. The summed E-state index contributed by atoms with van der Waals surface area (Å²) in [6.45, 7) is 7.73. The van der Waals surface area contributed by atoms with Gasteiger partial charge in [0.25, 0.3) is 5.91 Å². The van der Waals surface area contributed by atoms with Crippen LogP contribution >= 0.6 is 0 Å². The van der Waals surface area contributed by atoms with E-state index in [4.69, 9.17) is 4.42 Å². The number of carbonyl (C=O) groups excluding carboxylic acids is 2. The molecule has 2 aromatic rings. The first-order valence-electron chi connectivity index (χ1n) is 8.10. The van der Waals surface area contributed by atoms with Crippen molar-refractivity contribution in [2.75, 3.05) is 0 Å². The van der Waals surface area contributed by atoms with Crippen molar-refractivity contribution in [1.82, 2.24) is 10.6 Å². The molecule has 2 N–H and O–H groups in total. The van der Waals surface area contributed by atoms with Gasteiger partial charge in [-0.1, -0.05) is 38.1 Å². The zero-order valence-corrected chi connectivity index (χ0v) is 14.5. The number of amides is 2. The van der Waals surface area contributed by atoms with E-state index in [1.165, 1.54) is 6.26 Å². The van der Waals surface area contributed by atoms with E-state index in [1.807, 2.05) is 52.0 Å². The lowest BCUT2D eigenvalue weighted by Gasteiger charge is -2.24. The first kappa shape index (κ1) is 17.8. The Kier molecular flexibility index (Phi) is 5.79. The van der Waals surface area contributed by atoms with Crippen LogP contribution in [0.3, 0.4) is 0 Å². The normalized spacial score (nSPS) is 13.4. The van der Waals surface area contributed by atoms with Gasteiger partial charge in [0, 0.05) is 0 Å². The number of benzene rings is 1. The number of rotatable bonds is 6. The molecule has 0 spiro atoms. The molecule has 24 heavy (non-hydrogen) atoms. The van der Waals surface area contributed by atoms with Crippen molar-refractivity contribution in [2.45, 2.75) is 39.8 Å². The molecule has 2 unspecified atom stereocenters. The summed E-state index contributed by atoms with van der Waals surface area (Å²) in [5.41, 5.74) is 2.18. The highest BCUT2D eigenvalue weighted by atomic mass is 16.3. The monoisotopic (exact) mass is 328 g/mol. The second-order valence-corrected chi connectivity index (χ2v) is 6.26. The minimum absolute atomic E-state index is 0.0482. The standard InChI is InChI=1S/C19H24N2O3/c1-12(2)17(21-18(22)16-10-7-11-24-16)19(23)20-14(4)15-9-6-5-8-13(15)3/h5-12,14,17H,1-4H3,(H,20,23)(H,21,22). The zero-order valence-electron chi connectivity index (χ0n) is 14.5. The van der Waals surface area contributed by atoms with Gasteiger partial charge < -0.3 is 15.1 Å². The third-order valence-electron chi connectivity index (χ3n) is 3.99. The van der Waals surface area contributed by atoms with E-state index in [9.17, 15) is 9.59 Å². The predicted octanol–water partition coefficient (Wildman–Crippen LogP) is 3.22. The van der Waals surface area contributed by atoms with Gasteiger partial charge >= 0.3 is 0 Å². The van der Waals surface area contributed by atoms with E-state index in [-0.39, 0.29) is 23.6 Å². The molecular formula is C19H24N2O3. The number of furan rings is 1. The van der Waals surface area contributed by atoms with Gasteiger partial charge in [-0.05, 0) is 43.0 Å². The average Bonchev–Trinajstić information content (AvgIpc) is 3.06. The summed E-state index contributed by atoms with van der Waals surface area (Å²) in [6, 6.07) is 10.4. The SMILES string of the molecule is Cc1ccccc1C(C)NC(=O)C(NC(=O)c1ccco1)C(C)C. The van der Waals surface area contributed by atoms with Crippen molar-refractivity contribution in [3.63, 3.8) is 0 Å². The Bertz CT molecular complexity index is 692. The molecule has 0 radical (unpaired) electrons. The van der Waals surface area contributed by atoms with Crippen LogP contribution in [0.5, 0.6) is 0 Å². The Labute approximate surface area is 142 Å². The molecule has 2 rings (SSSR count). The topological polar surface area (TPSA) is 71.3 Å². The molecular weight excluding hydrogens is 304 g/mol. The maximum absolute atomic E-state index is 12.6. The number of hydrogen-bond acceptors (Lipinski definition) is 3. The molecule has 5 nitrogen and oxygen atoms in total. The van der Waals surface area contributed by atoms with E-state index in [0.717, 1.165) is 11.1 Å². The fraction of sp³-hybridized carbons (Fsp3) is 0.368. The molecule has 2 amide bonds. The summed E-state index contributed by atoms with van der Waals surface area (Å²) in [6.07, 6.45) is 1.43. The zero-order chi connectivity index (χ0) is 17.7. The molecule has 0 fully saturated rings. The van der Waals surface area contributed by atoms with Gasteiger partial charge in [-0.15, -0.1) is 0 Å². The van der Waals surface area contributed by atoms with Crippen LogP contribution in [0.2, 0.25) is 0 Å². The van der Waals surface area contributed by atoms with Crippen LogP contribution in [0, 0.1) is 12.8 Å². The lowest BCUT2D eigenvalue weighted by molar-refractivity contribution is -0.124. The van der Waals surface area contributed by atoms with Gasteiger partial charge in [0.1, 0.15) is 6.04 Å². The average molecular weight is 328 g/mol. The molecule has 0 aliphatic rings. The maximum Gasteiger partial charge on any atom is 0.287 e. The summed E-state index contributed by atoms with van der Waals surface area (Å²) < 4.78 is 5.08. The molecule has 5 heteroatoms. The van der Waals surface area contributed by atoms with Gasteiger partial charge in [-0.2, -0.15) is 0 Å². The lowest BCUT2D eigenvalue weighted by atomic mass is 10.00. The van der Waals surface area contributed by atoms with E-state index in [1.54, 1.807) is 12.1 Å². The second kappa shape index (κ2) is 7.81. The van der Waals surface area contributed by atoms with Crippen LogP contribution < -0.4 is 10.6 Å². The fourth-order valence-corrected chi connectivity index (χ4v) is 2.61. The van der Waals surface area contributed by atoms with Crippen LogP contribution in [0.15, 0.2) is 47.1 Å². The summed E-state index contributed by atoms with van der Waals surface area (Å²) in [5.74, 6) is -0.452. The van der Waals surface area contributed by atoms with Gasteiger partial charge in [-0.25, -0.2) is 0 Å². The summed E-state index contributed by atoms with van der Waals surface area (Å²) >= 11 is 0. The highest BCUT2D eigenvalue weighted by molar-refractivity contribution is 5.95. The van der Waals surface area contributed by atoms with Gasteiger partial charge in [-0.3, -0.25) is 9.59 Å². The molecule has 0 saturated carbocycles. The Morgan fingerprint density at radius 3 is 2.29 bits per heavy atom. The Morgan fingerprint density at radius 2 is 1.71 bits per heavy atom. The smallest absolute Gasteiger partial charge is 0.287 e. The van der Waals surface area contributed by atoms with Gasteiger partial charge in [0.05, 0.1) is 12.3 Å². The van der Waals surface area contributed by atoms with E-state index < -0.39 is 11.9 Å². The third-order valence-corrected chi connectivity index (χ3v) is 3.99. The number of nitrogens with one attached hydrogen (secondary N) is 2. The highest BCUT2D eigenvalue weighted by Gasteiger charge is 2.26. The van der Waals surface area contributed by atoms with Crippen molar-refractivity contribution < 1.29 is 14.0 Å². The second-order valence-electron chi connectivity index (χ2n) is 6.26. The summed E-state index contributed by atoms with van der Waals surface area (Å²) in [4.78, 5) is 24.8. The quantitative estimate of drug-likeness (QED) is 0.855. The summed E-state index contributed by atoms with van der Waals surface area (Å²) in [5, 5.41) is 5.73. The molecule has 0 aliphatic heterocycles. The molecule has 128 valence electrons. The van der Waals surface area contributed by atoms with Crippen molar-refractivity contribution in [3.05, 3.63) is 59.5 Å². The van der Waals surface area contributed by atoms with Crippen molar-refractivity contribution in [3.8, 4) is 0 Å². The minimum Gasteiger partial charge on any atom is -0.459 e. The lowest BCUT2D eigenvalue weighted by Crippen LogP contribution is -2.50. The number of carbonyl (C=O) groups is 2. The Morgan fingerprint density at radius 1 is 1.00 bits per heavy atom. The van der Waals surface area contributed by atoms with Crippen LogP contribution in [0.25, 0.3) is 0 Å². The van der Waals surface area contributed by atoms with E-state index in [0.29, 0.717) is 0 Å². The van der Waals surface area contributed by atoms with Crippen LogP contribution in [-0.2, 0) is 4.79 Å². The van der Waals surface area contributed by atoms with Crippen LogP contribution in [0.4, 0.5) is 0 Å². The molecule has 0 bridgehead atoms. The molecule has 2 atom stereocenters. The van der Waals surface area contributed by atoms with Gasteiger partial charge in [0.2, 0.25) is 5.91 Å². The fourth-order valence-electron chi connectivity index (χ4n) is 2.61. The molecule has 1 heterocycles. The van der Waals surface area contributed by atoms with E-state index in [2.05, 4.69) is 10.6 Å². The first-order chi connectivity index (χ1) is 11.4.